The number of halogens is 1. The van der Waals surface area contributed by atoms with Crippen molar-refractivity contribution in [1.29, 1.82) is 0 Å². The van der Waals surface area contributed by atoms with Crippen LogP contribution in [0.1, 0.15) is 58.1 Å². The van der Waals surface area contributed by atoms with Gasteiger partial charge in [-0.2, -0.15) is 0 Å². The van der Waals surface area contributed by atoms with Crippen molar-refractivity contribution in [1.82, 2.24) is 0 Å². The van der Waals surface area contributed by atoms with E-state index in [0.717, 1.165) is 53.3 Å². The van der Waals surface area contributed by atoms with Crippen molar-refractivity contribution in [2.45, 2.75) is 60.0 Å². The van der Waals surface area contributed by atoms with Crippen LogP contribution in [-0.2, 0) is 0 Å². The zero-order valence-electron chi connectivity index (χ0n) is 17.0. The van der Waals surface area contributed by atoms with Crippen molar-refractivity contribution >= 4 is 23.0 Å². The standard InChI is InChI=1S/C23H30ClNO2/c1-6-8-22(20-12-11-18(14-21(20)24)26-13-7-2)25-23-15-19(27-16(3)4)10-9-17(23)5/h9-12,14-16H,6-8,13H2,1-5H3. The lowest BCUT2D eigenvalue weighted by Crippen LogP contribution is -2.05. The summed E-state index contributed by atoms with van der Waals surface area (Å²) >= 11 is 6.56. The highest BCUT2D eigenvalue weighted by Gasteiger charge is 2.11. The van der Waals surface area contributed by atoms with Crippen molar-refractivity contribution in [3.05, 3.63) is 52.5 Å². The summed E-state index contributed by atoms with van der Waals surface area (Å²) in [7, 11) is 0. The van der Waals surface area contributed by atoms with Gasteiger partial charge in [-0.25, -0.2) is 0 Å². The minimum absolute atomic E-state index is 0.129. The molecule has 0 aromatic heterocycles. The van der Waals surface area contributed by atoms with Crippen LogP contribution in [-0.4, -0.2) is 18.4 Å². The maximum absolute atomic E-state index is 6.56. The van der Waals surface area contributed by atoms with Gasteiger partial charge in [-0.05, 0) is 63.4 Å². The fraction of sp³-hybridized carbons (Fsp3) is 0.435. The fourth-order valence-electron chi connectivity index (χ4n) is 2.73. The zero-order valence-corrected chi connectivity index (χ0v) is 17.8. The molecule has 27 heavy (non-hydrogen) atoms. The van der Waals surface area contributed by atoms with Crippen LogP contribution in [0.15, 0.2) is 41.4 Å². The molecule has 0 fully saturated rings. The van der Waals surface area contributed by atoms with Gasteiger partial charge in [0.05, 0.1) is 23.4 Å². The first-order valence-electron chi connectivity index (χ1n) is 9.72. The monoisotopic (exact) mass is 387 g/mol. The second kappa shape index (κ2) is 10.4. The van der Waals surface area contributed by atoms with Crippen LogP contribution in [0.25, 0.3) is 0 Å². The molecule has 0 aliphatic heterocycles. The highest BCUT2D eigenvalue weighted by atomic mass is 35.5. The molecule has 2 aromatic carbocycles. The van der Waals surface area contributed by atoms with E-state index in [-0.39, 0.29) is 6.10 Å². The number of nitrogens with zero attached hydrogens (tertiary/aromatic N) is 1. The number of aryl methyl sites for hydroxylation is 1. The molecule has 0 radical (unpaired) electrons. The predicted molar refractivity (Wildman–Crippen MR) is 115 cm³/mol. The molecule has 0 N–H and O–H groups in total. The van der Waals surface area contributed by atoms with E-state index in [0.29, 0.717) is 11.6 Å². The molecule has 4 heteroatoms. The quantitative estimate of drug-likeness (QED) is 0.428. The molecule has 0 unspecified atom stereocenters. The molecule has 0 saturated carbocycles. The molecule has 0 bridgehead atoms. The topological polar surface area (TPSA) is 30.8 Å². The molecule has 0 atom stereocenters. The van der Waals surface area contributed by atoms with Crippen molar-refractivity contribution in [3.63, 3.8) is 0 Å². The SMILES string of the molecule is CCCOc1ccc(C(CCC)=Nc2cc(OC(C)C)ccc2C)c(Cl)c1. The Kier molecular flexibility index (Phi) is 8.18. The van der Waals surface area contributed by atoms with E-state index >= 15 is 0 Å². The Morgan fingerprint density at radius 2 is 1.78 bits per heavy atom. The molecule has 2 rings (SSSR count). The first-order valence-corrected chi connectivity index (χ1v) is 10.1. The Hall–Kier alpha value is -2.00. The summed E-state index contributed by atoms with van der Waals surface area (Å²) in [6.45, 7) is 11.0. The van der Waals surface area contributed by atoms with Crippen molar-refractivity contribution in [3.8, 4) is 11.5 Å². The van der Waals surface area contributed by atoms with Gasteiger partial charge in [-0.15, -0.1) is 0 Å². The normalized spacial score (nSPS) is 11.7. The molecule has 2 aromatic rings. The second-order valence-electron chi connectivity index (χ2n) is 6.91. The summed E-state index contributed by atoms with van der Waals surface area (Å²) in [4.78, 5) is 4.95. The van der Waals surface area contributed by atoms with E-state index in [1.165, 1.54) is 0 Å². The molecule has 3 nitrogen and oxygen atoms in total. The average Bonchev–Trinajstić information content (AvgIpc) is 2.62. The molecular weight excluding hydrogens is 358 g/mol. The summed E-state index contributed by atoms with van der Waals surface area (Å²) in [5.41, 5.74) is 3.96. The van der Waals surface area contributed by atoms with E-state index in [1.807, 2.05) is 50.2 Å². The summed E-state index contributed by atoms with van der Waals surface area (Å²) in [6, 6.07) is 11.9. The smallest absolute Gasteiger partial charge is 0.121 e. The molecule has 0 heterocycles. The van der Waals surface area contributed by atoms with Gasteiger partial charge in [0, 0.05) is 17.3 Å². The Balaban J connectivity index is 2.39. The highest BCUT2D eigenvalue weighted by molar-refractivity contribution is 6.34. The molecule has 0 aliphatic rings. The third kappa shape index (κ3) is 6.28. The minimum Gasteiger partial charge on any atom is -0.494 e. The maximum atomic E-state index is 6.56. The summed E-state index contributed by atoms with van der Waals surface area (Å²) in [5.74, 6) is 1.63. The van der Waals surface area contributed by atoms with Crippen LogP contribution in [0, 0.1) is 6.92 Å². The first-order chi connectivity index (χ1) is 12.9. The predicted octanol–water partition coefficient (Wildman–Crippen LogP) is 7.15. The van der Waals surface area contributed by atoms with Gasteiger partial charge in [0.1, 0.15) is 11.5 Å². The number of rotatable bonds is 9. The van der Waals surface area contributed by atoms with E-state index in [1.54, 1.807) is 0 Å². The Morgan fingerprint density at radius 1 is 1.04 bits per heavy atom. The third-order valence-electron chi connectivity index (χ3n) is 4.02. The van der Waals surface area contributed by atoms with Crippen molar-refractivity contribution in [2.75, 3.05) is 6.61 Å². The first kappa shape index (κ1) is 21.3. The minimum atomic E-state index is 0.129. The van der Waals surface area contributed by atoms with Gasteiger partial charge in [0.2, 0.25) is 0 Å². The van der Waals surface area contributed by atoms with Gasteiger partial charge in [0.25, 0.3) is 0 Å². The largest absolute Gasteiger partial charge is 0.494 e. The Morgan fingerprint density at radius 3 is 2.41 bits per heavy atom. The van der Waals surface area contributed by atoms with Gasteiger partial charge >= 0.3 is 0 Å². The lowest BCUT2D eigenvalue weighted by atomic mass is 10.0. The average molecular weight is 388 g/mol. The van der Waals surface area contributed by atoms with Crippen LogP contribution in [0.3, 0.4) is 0 Å². The number of hydrogen-bond donors (Lipinski definition) is 0. The van der Waals surface area contributed by atoms with E-state index in [9.17, 15) is 0 Å². The zero-order chi connectivity index (χ0) is 19.8. The van der Waals surface area contributed by atoms with Gasteiger partial charge < -0.3 is 9.47 Å². The number of benzene rings is 2. The van der Waals surface area contributed by atoms with E-state index < -0.39 is 0 Å². The van der Waals surface area contributed by atoms with Gasteiger partial charge in [0.15, 0.2) is 0 Å². The highest BCUT2D eigenvalue weighted by Crippen LogP contribution is 2.29. The lowest BCUT2D eigenvalue weighted by Gasteiger charge is -2.13. The Bertz CT molecular complexity index is 784. The number of aliphatic imine (C=N–C) groups is 1. The summed E-state index contributed by atoms with van der Waals surface area (Å²) in [6.07, 6.45) is 2.94. The van der Waals surface area contributed by atoms with Crippen LogP contribution >= 0.6 is 11.6 Å². The van der Waals surface area contributed by atoms with Crippen LogP contribution in [0.4, 0.5) is 5.69 Å². The molecule has 0 aliphatic carbocycles. The van der Waals surface area contributed by atoms with Crippen LogP contribution in [0.2, 0.25) is 5.02 Å². The Labute approximate surface area is 168 Å². The van der Waals surface area contributed by atoms with Crippen LogP contribution < -0.4 is 9.47 Å². The second-order valence-corrected chi connectivity index (χ2v) is 7.32. The lowest BCUT2D eigenvalue weighted by molar-refractivity contribution is 0.242. The maximum Gasteiger partial charge on any atom is 0.121 e. The van der Waals surface area contributed by atoms with Crippen molar-refractivity contribution < 1.29 is 9.47 Å². The fourth-order valence-corrected chi connectivity index (χ4v) is 3.01. The molecule has 0 spiro atoms. The third-order valence-corrected chi connectivity index (χ3v) is 4.33. The molecule has 0 saturated heterocycles. The summed E-state index contributed by atoms with van der Waals surface area (Å²) in [5, 5.41) is 0.669. The molecular formula is C23H30ClNO2. The van der Waals surface area contributed by atoms with Crippen LogP contribution in [0.5, 0.6) is 11.5 Å². The number of hydrogen-bond acceptors (Lipinski definition) is 3. The number of ether oxygens (including phenoxy) is 2. The van der Waals surface area contributed by atoms with Gasteiger partial charge in [-0.1, -0.05) is 37.9 Å². The van der Waals surface area contributed by atoms with E-state index in [4.69, 9.17) is 26.1 Å². The molecule has 146 valence electrons. The van der Waals surface area contributed by atoms with Crippen molar-refractivity contribution in [2.24, 2.45) is 4.99 Å². The molecule has 0 amide bonds. The van der Waals surface area contributed by atoms with Gasteiger partial charge in [-0.3, -0.25) is 4.99 Å². The van der Waals surface area contributed by atoms with E-state index in [2.05, 4.69) is 20.8 Å². The summed E-state index contributed by atoms with van der Waals surface area (Å²) < 4.78 is 11.5.